The van der Waals surface area contributed by atoms with Gasteiger partial charge < -0.3 is 14.8 Å². The number of carbonyl (C=O) groups is 1. The second-order valence-corrected chi connectivity index (χ2v) is 10.3. The monoisotopic (exact) mass is 474 g/mol. The molecule has 0 spiro atoms. The molecule has 0 aromatic heterocycles. The normalized spacial score (nSPS) is 14.6. The first-order valence-corrected chi connectivity index (χ1v) is 12.9. The van der Waals surface area contributed by atoms with E-state index in [9.17, 15) is 13.2 Å². The zero-order chi connectivity index (χ0) is 23.8. The van der Waals surface area contributed by atoms with E-state index in [2.05, 4.69) is 5.32 Å². The number of hydrogen-bond donors (Lipinski definition) is 1. The second kappa shape index (κ2) is 11.5. The molecule has 7 nitrogen and oxygen atoms in total. The van der Waals surface area contributed by atoms with Crippen molar-refractivity contribution >= 4 is 15.9 Å². The number of methoxy groups -OCH3 is 1. The van der Waals surface area contributed by atoms with Crippen molar-refractivity contribution in [2.45, 2.75) is 50.8 Å². The van der Waals surface area contributed by atoms with Gasteiger partial charge >= 0.3 is 0 Å². The summed E-state index contributed by atoms with van der Waals surface area (Å²) in [4.78, 5) is 12.6. The first-order chi connectivity index (χ1) is 15.8. The summed E-state index contributed by atoms with van der Waals surface area (Å²) in [5.41, 5.74) is 3.08. The Labute approximate surface area is 197 Å². The van der Waals surface area contributed by atoms with Gasteiger partial charge in [-0.25, -0.2) is 8.42 Å². The standard InChI is InChI=1S/C25H34N2O5S/c1-19-7-9-22(17-20(19)2)32-16-13-26-25(28)12-8-21-18-23(10-11-24(21)31-3)33(29,30)27-14-5-4-6-15-27/h7,9-11,17-18H,4-6,8,12-16H2,1-3H3,(H,26,28). The molecule has 0 aliphatic carbocycles. The highest BCUT2D eigenvalue weighted by atomic mass is 32.2. The van der Waals surface area contributed by atoms with E-state index < -0.39 is 10.0 Å². The minimum absolute atomic E-state index is 0.120. The topological polar surface area (TPSA) is 84.9 Å². The summed E-state index contributed by atoms with van der Waals surface area (Å²) in [5.74, 6) is 1.24. The molecule has 1 amide bonds. The predicted octanol–water partition coefficient (Wildman–Crippen LogP) is 3.61. The van der Waals surface area contributed by atoms with E-state index in [-0.39, 0.29) is 17.2 Å². The smallest absolute Gasteiger partial charge is 0.243 e. The Kier molecular flexibility index (Phi) is 8.74. The molecule has 1 N–H and O–H groups in total. The lowest BCUT2D eigenvalue weighted by Crippen LogP contribution is -2.35. The number of aryl methyl sites for hydroxylation is 3. The number of benzene rings is 2. The van der Waals surface area contributed by atoms with Crippen molar-refractivity contribution in [3.8, 4) is 11.5 Å². The third-order valence-electron chi connectivity index (χ3n) is 6.00. The number of nitrogens with one attached hydrogen (secondary N) is 1. The molecule has 0 bridgehead atoms. The quantitative estimate of drug-likeness (QED) is 0.532. The van der Waals surface area contributed by atoms with Crippen molar-refractivity contribution in [1.29, 1.82) is 0 Å². The van der Waals surface area contributed by atoms with Crippen LogP contribution in [0.1, 0.15) is 42.4 Å². The van der Waals surface area contributed by atoms with Gasteiger partial charge in [0.2, 0.25) is 15.9 Å². The van der Waals surface area contributed by atoms with Crippen LogP contribution in [0.4, 0.5) is 0 Å². The zero-order valence-electron chi connectivity index (χ0n) is 19.7. The molecule has 1 aliphatic rings. The molecule has 2 aromatic carbocycles. The third kappa shape index (κ3) is 6.71. The second-order valence-electron chi connectivity index (χ2n) is 8.38. The van der Waals surface area contributed by atoms with Crippen LogP contribution in [0.15, 0.2) is 41.3 Å². The average molecular weight is 475 g/mol. The molecule has 3 rings (SSSR count). The summed E-state index contributed by atoms with van der Waals surface area (Å²) in [6, 6.07) is 10.8. The van der Waals surface area contributed by atoms with Crippen LogP contribution in [0.2, 0.25) is 0 Å². The van der Waals surface area contributed by atoms with Gasteiger partial charge in [-0.1, -0.05) is 12.5 Å². The average Bonchev–Trinajstić information content (AvgIpc) is 2.83. The molecule has 0 unspecified atom stereocenters. The van der Waals surface area contributed by atoms with Crippen LogP contribution < -0.4 is 14.8 Å². The largest absolute Gasteiger partial charge is 0.496 e. The maximum absolute atomic E-state index is 13.0. The zero-order valence-corrected chi connectivity index (χ0v) is 20.5. The Bertz CT molecular complexity index is 1060. The summed E-state index contributed by atoms with van der Waals surface area (Å²) < 4.78 is 38.6. The number of rotatable bonds is 10. The molecule has 0 atom stereocenters. The first-order valence-electron chi connectivity index (χ1n) is 11.4. The Morgan fingerprint density at radius 1 is 1.03 bits per heavy atom. The lowest BCUT2D eigenvalue weighted by molar-refractivity contribution is -0.121. The van der Waals surface area contributed by atoms with Crippen LogP contribution >= 0.6 is 0 Å². The van der Waals surface area contributed by atoms with E-state index in [4.69, 9.17) is 9.47 Å². The highest BCUT2D eigenvalue weighted by Crippen LogP contribution is 2.27. The molecular weight excluding hydrogens is 440 g/mol. The summed E-state index contributed by atoms with van der Waals surface area (Å²) in [7, 11) is -1.99. The van der Waals surface area contributed by atoms with Gasteiger partial charge in [0.05, 0.1) is 18.6 Å². The predicted molar refractivity (Wildman–Crippen MR) is 128 cm³/mol. The van der Waals surface area contributed by atoms with E-state index in [1.165, 1.54) is 5.56 Å². The van der Waals surface area contributed by atoms with Crippen LogP contribution in [-0.2, 0) is 21.2 Å². The first kappa shape index (κ1) is 25.1. The molecule has 180 valence electrons. The van der Waals surface area contributed by atoms with Crippen molar-refractivity contribution in [3.05, 3.63) is 53.1 Å². The molecule has 1 saturated heterocycles. The van der Waals surface area contributed by atoms with Gasteiger partial charge in [0, 0.05) is 19.5 Å². The molecule has 8 heteroatoms. The fourth-order valence-electron chi connectivity index (χ4n) is 3.86. The van der Waals surface area contributed by atoms with Crippen LogP contribution in [0, 0.1) is 13.8 Å². The Hall–Kier alpha value is -2.58. The number of piperidine rings is 1. The summed E-state index contributed by atoms with van der Waals surface area (Å²) in [5, 5.41) is 2.85. The summed E-state index contributed by atoms with van der Waals surface area (Å²) in [6.45, 7) is 5.96. The molecule has 1 heterocycles. The fraction of sp³-hybridized carbons (Fsp3) is 0.480. The van der Waals surface area contributed by atoms with E-state index in [1.54, 1.807) is 29.6 Å². The minimum atomic E-state index is -3.54. The van der Waals surface area contributed by atoms with Crippen molar-refractivity contribution < 1.29 is 22.7 Å². The Morgan fingerprint density at radius 2 is 1.79 bits per heavy atom. The van der Waals surface area contributed by atoms with Crippen LogP contribution in [0.3, 0.4) is 0 Å². The summed E-state index contributed by atoms with van der Waals surface area (Å²) in [6.07, 6.45) is 3.44. The van der Waals surface area contributed by atoms with Gasteiger partial charge in [-0.15, -0.1) is 0 Å². The van der Waals surface area contributed by atoms with Gasteiger partial charge in [0.25, 0.3) is 0 Å². The number of nitrogens with zero attached hydrogens (tertiary/aromatic N) is 1. The van der Waals surface area contributed by atoms with Gasteiger partial charge in [-0.05, 0) is 80.1 Å². The lowest BCUT2D eigenvalue weighted by Gasteiger charge is -2.26. The number of hydrogen-bond acceptors (Lipinski definition) is 5. The van der Waals surface area contributed by atoms with Crippen molar-refractivity contribution in [1.82, 2.24) is 9.62 Å². The van der Waals surface area contributed by atoms with Crippen LogP contribution in [0.5, 0.6) is 11.5 Å². The van der Waals surface area contributed by atoms with E-state index in [0.29, 0.717) is 44.0 Å². The van der Waals surface area contributed by atoms with Gasteiger partial charge in [-0.3, -0.25) is 4.79 Å². The van der Waals surface area contributed by atoms with E-state index in [1.807, 2.05) is 32.0 Å². The van der Waals surface area contributed by atoms with Crippen LogP contribution in [0.25, 0.3) is 0 Å². The van der Waals surface area contributed by atoms with Crippen LogP contribution in [-0.4, -0.2) is 52.0 Å². The fourth-order valence-corrected chi connectivity index (χ4v) is 5.43. The molecule has 0 radical (unpaired) electrons. The lowest BCUT2D eigenvalue weighted by atomic mass is 10.1. The van der Waals surface area contributed by atoms with Gasteiger partial charge in [0.1, 0.15) is 18.1 Å². The number of carbonyl (C=O) groups excluding carboxylic acids is 1. The molecular formula is C25H34N2O5S. The Balaban J connectivity index is 1.53. The Morgan fingerprint density at radius 3 is 2.48 bits per heavy atom. The minimum Gasteiger partial charge on any atom is -0.496 e. The molecule has 33 heavy (non-hydrogen) atoms. The number of amides is 1. The van der Waals surface area contributed by atoms with Gasteiger partial charge in [0.15, 0.2) is 0 Å². The highest BCUT2D eigenvalue weighted by molar-refractivity contribution is 7.89. The van der Waals surface area contributed by atoms with Crippen molar-refractivity contribution in [3.63, 3.8) is 0 Å². The van der Waals surface area contributed by atoms with E-state index >= 15 is 0 Å². The third-order valence-corrected chi connectivity index (χ3v) is 7.89. The maximum atomic E-state index is 13.0. The summed E-state index contributed by atoms with van der Waals surface area (Å²) >= 11 is 0. The molecule has 0 saturated carbocycles. The van der Waals surface area contributed by atoms with Crippen molar-refractivity contribution in [2.75, 3.05) is 33.4 Å². The maximum Gasteiger partial charge on any atom is 0.243 e. The number of sulfonamides is 1. The SMILES string of the molecule is COc1ccc(S(=O)(=O)N2CCCCC2)cc1CCC(=O)NCCOc1ccc(C)c(C)c1. The molecule has 2 aromatic rings. The van der Waals surface area contributed by atoms with Gasteiger partial charge in [-0.2, -0.15) is 4.31 Å². The molecule has 1 aliphatic heterocycles. The van der Waals surface area contributed by atoms with Crippen molar-refractivity contribution in [2.24, 2.45) is 0 Å². The highest BCUT2D eigenvalue weighted by Gasteiger charge is 2.26. The molecule has 1 fully saturated rings. The van der Waals surface area contributed by atoms with E-state index in [0.717, 1.165) is 30.6 Å². The number of ether oxygens (including phenoxy) is 2.